The smallest absolute Gasteiger partial charge is 0.119 e. The topological polar surface area (TPSA) is 38.5 Å². The van der Waals surface area contributed by atoms with Gasteiger partial charge in [-0.15, -0.1) is 0 Å². The zero-order valence-corrected chi connectivity index (χ0v) is 11.4. The van der Waals surface area contributed by atoms with E-state index in [2.05, 4.69) is 30.9 Å². The zero-order chi connectivity index (χ0) is 13.0. The lowest BCUT2D eigenvalue weighted by atomic mass is 10.0. The van der Waals surface area contributed by atoms with Crippen LogP contribution in [0.3, 0.4) is 0 Å². The van der Waals surface area contributed by atoms with Crippen LogP contribution >= 0.6 is 0 Å². The molecule has 1 aromatic carbocycles. The quantitative estimate of drug-likeness (QED) is 0.866. The molecule has 0 aromatic heterocycles. The second-order valence-electron chi connectivity index (χ2n) is 5.23. The summed E-state index contributed by atoms with van der Waals surface area (Å²) < 4.78 is 5.76. The number of rotatable bonds is 5. The monoisotopic (exact) mass is 248 g/mol. The third-order valence-electron chi connectivity index (χ3n) is 3.82. The Balaban J connectivity index is 1.78. The van der Waals surface area contributed by atoms with E-state index < -0.39 is 0 Å². The first-order valence-corrected chi connectivity index (χ1v) is 6.86. The van der Waals surface area contributed by atoms with Gasteiger partial charge in [-0.1, -0.05) is 24.6 Å². The lowest BCUT2D eigenvalue weighted by molar-refractivity contribution is 0.241. The first-order chi connectivity index (χ1) is 8.69. The van der Waals surface area contributed by atoms with Gasteiger partial charge in [0.2, 0.25) is 0 Å². The van der Waals surface area contributed by atoms with E-state index in [-0.39, 0.29) is 6.04 Å². The zero-order valence-electron chi connectivity index (χ0n) is 11.4. The van der Waals surface area contributed by atoms with Crippen molar-refractivity contribution in [2.24, 2.45) is 11.7 Å². The van der Waals surface area contributed by atoms with Gasteiger partial charge in [0.05, 0.1) is 0 Å². The third kappa shape index (κ3) is 3.47. The number of hydrogen-bond donors (Lipinski definition) is 1. The first kappa shape index (κ1) is 13.4. The van der Waals surface area contributed by atoms with Crippen molar-refractivity contribution in [1.82, 2.24) is 4.90 Å². The van der Waals surface area contributed by atoms with Crippen LogP contribution in [0.5, 0.6) is 5.75 Å². The van der Waals surface area contributed by atoms with Crippen LogP contribution in [0.1, 0.15) is 18.9 Å². The van der Waals surface area contributed by atoms with Crippen molar-refractivity contribution >= 4 is 0 Å². The summed E-state index contributed by atoms with van der Waals surface area (Å²) >= 11 is 0. The molecular formula is C15H24N2O. The van der Waals surface area contributed by atoms with Crippen molar-refractivity contribution in [3.05, 3.63) is 29.8 Å². The molecule has 1 aliphatic rings. The maximum Gasteiger partial charge on any atom is 0.119 e. The Kier molecular flexibility index (Phi) is 4.61. The van der Waals surface area contributed by atoms with Gasteiger partial charge in [-0.3, -0.25) is 0 Å². The summed E-state index contributed by atoms with van der Waals surface area (Å²) in [5.41, 5.74) is 7.47. The summed E-state index contributed by atoms with van der Waals surface area (Å²) in [7, 11) is 0. The molecule has 1 saturated heterocycles. The molecule has 3 nitrogen and oxygen atoms in total. The molecule has 0 amide bonds. The van der Waals surface area contributed by atoms with Crippen LogP contribution in [0.25, 0.3) is 0 Å². The van der Waals surface area contributed by atoms with E-state index in [1.165, 1.54) is 18.5 Å². The highest BCUT2D eigenvalue weighted by Crippen LogP contribution is 2.19. The summed E-state index contributed by atoms with van der Waals surface area (Å²) in [6.45, 7) is 8.33. The third-order valence-corrected chi connectivity index (χ3v) is 3.82. The minimum atomic E-state index is 0.142. The molecule has 0 aliphatic carbocycles. The van der Waals surface area contributed by atoms with Gasteiger partial charge in [-0.25, -0.2) is 0 Å². The minimum Gasteiger partial charge on any atom is -0.492 e. The van der Waals surface area contributed by atoms with Gasteiger partial charge in [-0.05, 0) is 44.5 Å². The highest BCUT2D eigenvalue weighted by atomic mass is 16.5. The highest BCUT2D eigenvalue weighted by Gasteiger charge is 2.26. The number of benzene rings is 1. The van der Waals surface area contributed by atoms with E-state index in [1.54, 1.807) is 0 Å². The van der Waals surface area contributed by atoms with Gasteiger partial charge in [0.15, 0.2) is 0 Å². The van der Waals surface area contributed by atoms with E-state index in [9.17, 15) is 0 Å². The normalized spacial score (nSPS) is 22.1. The molecule has 3 heteroatoms. The molecule has 0 bridgehead atoms. The molecule has 2 unspecified atom stereocenters. The molecule has 1 heterocycles. The summed E-state index contributed by atoms with van der Waals surface area (Å²) in [6.07, 6.45) is 1.20. The SMILES string of the molecule is CCN1CCC(C(N)COc2ccc(C)cc2)C1. The van der Waals surface area contributed by atoms with Gasteiger partial charge in [0.1, 0.15) is 12.4 Å². The van der Waals surface area contributed by atoms with Gasteiger partial charge in [0.25, 0.3) is 0 Å². The van der Waals surface area contributed by atoms with Gasteiger partial charge >= 0.3 is 0 Å². The molecule has 1 fully saturated rings. The molecule has 1 aromatic rings. The van der Waals surface area contributed by atoms with E-state index in [0.717, 1.165) is 18.8 Å². The number of hydrogen-bond acceptors (Lipinski definition) is 3. The standard InChI is InChI=1S/C15H24N2O/c1-3-17-9-8-13(10-17)15(16)11-18-14-6-4-12(2)5-7-14/h4-7,13,15H,3,8-11,16H2,1-2H3. The Hall–Kier alpha value is -1.06. The predicted octanol–water partition coefficient (Wildman–Crippen LogP) is 2.04. The lowest BCUT2D eigenvalue weighted by Crippen LogP contribution is -2.37. The highest BCUT2D eigenvalue weighted by molar-refractivity contribution is 5.26. The molecule has 2 rings (SSSR count). The van der Waals surface area contributed by atoms with Crippen molar-refractivity contribution in [2.45, 2.75) is 26.3 Å². The molecule has 0 saturated carbocycles. The van der Waals surface area contributed by atoms with Crippen molar-refractivity contribution < 1.29 is 4.74 Å². The second kappa shape index (κ2) is 6.21. The lowest BCUT2D eigenvalue weighted by Gasteiger charge is -2.20. The van der Waals surface area contributed by atoms with E-state index in [1.807, 2.05) is 12.1 Å². The Labute approximate surface area is 110 Å². The van der Waals surface area contributed by atoms with Crippen LogP contribution in [-0.4, -0.2) is 37.2 Å². The molecule has 0 radical (unpaired) electrons. The van der Waals surface area contributed by atoms with Crippen molar-refractivity contribution in [1.29, 1.82) is 0 Å². The molecule has 1 aliphatic heterocycles. The summed E-state index contributed by atoms with van der Waals surface area (Å²) in [6, 6.07) is 8.29. The average molecular weight is 248 g/mol. The Bertz CT molecular complexity index is 363. The fourth-order valence-electron chi connectivity index (χ4n) is 2.46. The average Bonchev–Trinajstić information content (AvgIpc) is 2.86. The van der Waals surface area contributed by atoms with E-state index in [0.29, 0.717) is 12.5 Å². The van der Waals surface area contributed by atoms with Crippen LogP contribution in [0.2, 0.25) is 0 Å². The number of nitrogens with two attached hydrogens (primary N) is 1. The Morgan fingerprint density at radius 3 is 2.72 bits per heavy atom. The summed E-state index contributed by atoms with van der Waals surface area (Å²) in [5.74, 6) is 1.50. The minimum absolute atomic E-state index is 0.142. The largest absolute Gasteiger partial charge is 0.492 e. The molecule has 18 heavy (non-hydrogen) atoms. The van der Waals surface area contributed by atoms with Gasteiger partial charge in [0, 0.05) is 12.6 Å². The number of ether oxygens (including phenoxy) is 1. The fraction of sp³-hybridized carbons (Fsp3) is 0.600. The fourth-order valence-corrected chi connectivity index (χ4v) is 2.46. The van der Waals surface area contributed by atoms with Crippen LogP contribution in [0, 0.1) is 12.8 Å². The van der Waals surface area contributed by atoms with E-state index in [4.69, 9.17) is 10.5 Å². The summed E-state index contributed by atoms with van der Waals surface area (Å²) in [5, 5.41) is 0. The second-order valence-corrected chi connectivity index (χ2v) is 5.23. The maximum absolute atomic E-state index is 6.22. The van der Waals surface area contributed by atoms with Crippen molar-refractivity contribution in [2.75, 3.05) is 26.2 Å². The molecule has 2 atom stereocenters. The number of aryl methyl sites for hydroxylation is 1. The molecule has 2 N–H and O–H groups in total. The van der Waals surface area contributed by atoms with E-state index >= 15 is 0 Å². The molecule has 100 valence electrons. The van der Waals surface area contributed by atoms with Gasteiger partial charge < -0.3 is 15.4 Å². The predicted molar refractivity (Wildman–Crippen MR) is 74.9 cm³/mol. The molecular weight excluding hydrogens is 224 g/mol. The van der Waals surface area contributed by atoms with Crippen LogP contribution in [0.15, 0.2) is 24.3 Å². The van der Waals surface area contributed by atoms with Crippen molar-refractivity contribution in [3.63, 3.8) is 0 Å². The molecule has 0 spiro atoms. The number of likely N-dealkylation sites (tertiary alicyclic amines) is 1. The Morgan fingerprint density at radius 2 is 2.11 bits per heavy atom. The maximum atomic E-state index is 6.22. The van der Waals surface area contributed by atoms with Crippen LogP contribution in [-0.2, 0) is 0 Å². The first-order valence-electron chi connectivity index (χ1n) is 6.86. The van der Waals surface area contributed by atoms with Crippen LogP contribution in [0.4, 0.5) is 0 Å². The van der Waals surface area contributed by atoms with Gasteiger partial charge in [-0.2, -0.15) is 0 Å². The Morgan fingerprint density at radius 1 is 1.39 bits per heavy atom. The van der Waals surface area contributed by atoms with Crippen LogP contribution < -0.4 is 10.5 Å². The van der Waals surface area contributed by atoms with Crippen molar-refractivity contribution in [3.8, 4) is 5.75 Å². The summed E-state index contributed by atoms with van der Waals surface area (Å²) in [4.78, 5) is 2.45. The number of nitrogens with zero attached hydrogens (tertiary/aromatic N) is 1.